The lowest BCUT2D eigenvalue weighted by atomic mass is 9.94. The quantitative estimate of drug-likeness (QED) is 0.553. The van der Waals surface area contributed by atoms with E-state index in [1.807, 2.05) is 31.2 Å². The molecule has 6 heteroatoms. The van der Waals surface area contributed by atoms with Crippen molar-refractivity contribution in [3.8, 4) is 16.9 Å². The highest BCUT2D eigenvalue weighted by atomic mass is 16.5. The number of hydrogen-bond acceptors (Lipinski definition) is 4. The number of urea groups is 1. The number of aliphatic hydroxyl groups is 1. The molecule has 1 aliphatic rings. The van der Waals surface area contributed by atoms with E-state index in [0.717, 1.165) is 16.7 Å². The van der Waals surface area contributed by atoms with Crippen molar-refractivity contribution in [1.29, 1.82) is 0 Å². The molecule has 1 heterocycles. The van der Waals surface area contributed by atoms with E-state index in [9.17, 15) is 9.90 Å². The molecule has 6 nitrogen and oxygen atoms in total. The van der Waals surface area contributed by atoms with Crippen LogP contribution in [0.15, 0.2) is 54.0 Å². The molecule has 0 aliphatic carbocycles. The van der Waals surface area contributed by atoms with E-state index in [1.165, 1.54) is 11.6 Å². The van der Waals surface area contributed by atoms with Gasteiger partial charge in [-0.2, -0.15) is 0 Å². The van der Waals surface area contributed by atoms with Crippen LogP contribution in [-0.2, 0) is 0 Å². The van der Waals surface area contributed by atoms with Crippen LogP contribution in [0.1, 0.15) is 30.9 Å². The summed E-state index contributed by atoms with van der Waals surface area (Å²) in [5.41, 5.74) is 4.25. The fourth-order valence-electron chi connectivity index (χ4n) is 3.77. The number of aryl methyl sites for hydroxylation is 1. The van der Waals surface area contributed by atoms with Crippen LogP contribution in [-0.4, -0.2) is 47.7 Å². The number of methoxy groups -OCH3 is 1. The Hall–Kier alpha value is -3.12. The Balaban J connectivity index is 1.91. The van der Waals surface area contributed by atoms with E-state index < -0.39 is 5.60 Å². The summed E-state index contributed by atoms with van der Waals surface area (Å²) in [4.78, 5) is 19.1. The Labute approximate surface area is 184 Å². The molecule has 0 saturated carbocycles. The summed E-state index contributed by atoms with van der Waals surface area (Å²) in [6.07, 6.45) is 2.62. The monoisotopic (exact) mass is 421 g/mol. The van der Waals surface area contributed by atoms with Crippen LogP contribution >= 0.6 is 0 Å². The number of amides is 2. The highest BCUT2D eigenvalue weighted by molar-refractivity contribution is 6.05. The molecule has 1 fully saturated rings. The van der Waals surface area contributed by atoms with Gasteiger partial charge in [-0.1, -0.05) is 36.9 Å². The van der Waals surface area contributed by atoms with Crippen LogP contribution in [0.2, 0.25) is 0 Å². The number of nitrogens with one attached hydrogen (secondary N) is 1. The molecule has 31 heavy (non-hydrogen) atoms. The molecule has 2 N–H and O–H groups in total. The number of carbonyl (C=O) groups excluding carboxylic acids is 1. The lowest BCUT2D eigenvalue weighted by Gasteiger charge is -2.35. The highest BCUT2D eigenvalue weighted by Crippen LogP contribution is 2.38. The number of likely N-dealkylation sites (tertiary alicyclic amines) is 1. The van der Waals surface area contributed by atoms with E-state index in [-0.39, 0.29) is 6.03 Å². The van der Waals surface area contributed by atoms with Gasteiger partial charge in [0.05, 0.1) is 12.7 Å². The van der Waals surface area contributed by atoms with Crippen molar-refractivity contribution in [2.45, 2.75) is 39.2 Å². The standard InChI is InChI=1S/C25H31N3O3/c1-6-22(27-24(29)28-15-13-25(4,30)14-16-28)26-23-18(3)20(11-12-21(23)31-5)19-10-8-7-9-17(19)2/h6-12,30H,1,13-16H2,2-5H3,(H,26,27,29). The average Bonchev–Trinajstić information content (AvgIpc) is 2.74. The predicted octanol–water partition coefficient (Wildman–Crippen LogP) is 4.75. The summed E-state index contributed by atoms with van der Waals surface area (Å²) in [5.74, 6) is 0.975. The minimum absolute atomic E-state index is 0.249. The van der Waals surface area contributed by atoms with Crippen LogP contribution in [0, 0.1) is 13.8 Å². The van der Waals surface area contributed by atoms with Crippen molar-refractivity contribution >= 4 is 17.6 Å². The second-order valence-electron chi connectivity index (χ2n) is 8.22. The van der Waals surface area contributed by atoms with E-state index in [1.54, 1.807) is 18.9 Å². The summed E-state index contributed by atoms with van der Waals surface area (Å²) >= 11 is 0. The van der Waals surface area contributed by atoms with Gasteiger partial charge in [0.25, 0.3) is 0 Å². The maximum atomic E-state index is 12.7. The van der Waals surface area contributed by atoms with Gasteiger partial charge < -0.3 is 14.7 Å². The number of piperidine rings is 1. The molecule has 0 aromatic heterocycles. The zero-order valence-corrected chi connectivity index (χ0v) is 18.7. The summed E-state index contributed by atoms with van der Waals surface area (Å²) < 4.78 is 5.54. The molecule has 1 saturated heterocycles. The van der Waals surface area contributed by atoms with E-state index in [2.05, 4.69) is 31.0 Å². The van der Waals surface area contributed by atoms with Gasteiger partial charge in [-0.15, -0.1) is 0 Å². The average molecular weight is 422 g/mol. The molecule has 0 radical (unpaired) electrons. The Morgan fingerprint density at radius 1 is 1.19 bits per heavy atom. The molecule has 2 aromatic rings. The summed E-state index contributed by atoms with van der Waals surface area (Å²) in [7, 11) is 1.60. The van der Waals surface area contributed by atoms with Gasteiger partial charge in [-0.25, -0.2) is 9.79 Å². The van der Waals surface area contributed by atoms with Gasteiger partial charge in [-0.05, 0) is 68.0 Å². The van der Waals surface area contributed by atoms with E-state index in [4.69, 9.17) is 9.73 Å². The van der Waals surface area contributed by atoms with Gasteiger partial charge in [0.15, 0.2) is 0 Å². The lowest BCUT2D eigenvalue weighted by molar-refractivity contribution is 0.00484. The first-order valence-electron chi connectivity index (χ1n) is 10.5. The number of aliphatic imine (C=N–C) groups is 1. The Morgan fingerprint density at radius 3 is 2.48 bits per heavy atom. The minimum atomic E-state index is -0.716. The van der Waals surface area contributed by atoms with Gasteiger partial charge in [-0.3, -0.25) is 5.32 Å². The van der Waals surface area contributed by atoms with Gasteiger partial charge in [0.1, 0.15) is 17.3 Å². The maximum Gasteiger partial charge on any atom is 0.323 e. The molecule has 1 aliphatic heterocycles. The largest absolute Gasteiger partial charge is 0.494 e. The number of ether oxygens (including phenoxy) is 1. The molecular weight excluding hydrogens is 390 g/mol. The third kappa shape index (κ3) is 5.14. The summed E-state index contributed by atoms with van der Waals surface area (Å²) in [6.45, 7) is 10.7. The molecular formula is C25H31N3O3. The first kappa shape index (κ1) is 22.6. The molecule has 2 amide bonds. The van der Waals surface area contributed by atoms with Crippen molar-refractivity contribution in [1.82, 2.24) is 10.2 Å². The molecule has 0 spiro atoms. The van der Waals surface area contributed by atoms with Crippen LogP contribution < -0.4 is 10.1 Å². The molecule has 0 bridgehead atoms. The van der Waals surface area contributed by atoms with Crippen LogP contribution in [0.5, 0.6) is 5.75 Å². The first-order valence-corrected chi connectivity index (χ1v) is 10.5. The molecule has 0 unspecified atom stereocenters. The Morgan fingerprint density at radius 2 is 1.87 bits per heavy atom. The second-order valence-corrected chi connectivity index (χ2v) is 8.22. The third-order valence-electron chi connectivity index (χ3n) is 5.84. The van der Waals surface area contributed by atoms with E-state index in [0.29, 0.717) is 43.2 Å². The summed E-state index contributed by atoms with van der Waals surface area (Å²) in [5, 5.41) is 13.0. The fraction of sp³-hybridized carbons (Fsp3) is 0.360. The number of hydrogen-bond donors (Lipinski definition) is 2. The normalized spacial score (nSPS) is 16.0. The molecule has 0 atom stereocenters. The smallest absolute Gasteiger partial charge is 0.323 e. The highest BCUT2D eigenvalue weighted by Gasteiger charge is 2.29. The Bertz CT molecular complexity index is 1000. The topological polar surface area (TPSA) is 74.2 Å². The third-order valence-corrected chi connectivity index (χ3v) is 5.84. The van der Waals surface area contributed by atoms with E-state index >= 15 is 0 Å². The second kappa shape index (κ2) is 9.35. The Kier molecular flexibility index (Phi) is 6.81. The van der Waals surface area contributed by atoms with Crippen molar-refractivity contribution in [3.63, 3.8) is 0 Å². The predicted molar refractivity (Wildman–Crippen MR) is 125 cm³/mol. The zero-order valence-electron chi connectivity index (χ0n) is 18.7. The molecule has 164 valence electrons. The van der Waals surface area contributed by atoms with Gasteiger partial charge in [0.2, 0.25) is 0 Å². The number of benzene rings is 2. The number of rotatable bonds is 4. The van der Waals surface area contributed by atoms with Crippen LogP contribution in [0.25, 0.3) is 11.1 Å². The number of amidine groups is 1. The van der Waals surface area contributed by atoms with Crippen molar-refractivity contribution in [3.05, 3.63) is 60.2 Å². The molecule has 3 rings (SSSR count). The number of nitrogens with zero attached hydrogens (tertiary/aromatic N) is 2. The van der Waals surface area contributed by atoms with Crippen LogP contribution in [0.4, 0.5) is 10.5 Å². The number of carbonyl (C=O) groups is 1. The van der Waals surface area contributed by atoms with Crippen molar-refractivity contribution in [2.24, 2.45) is 4.99 Å². The molecule has 2 aromatic carbocycles. The first-order chi connectivity index (χ1) is 14.8. The fourth-order valence-corrected chi connectivity index (χ4v) is 3.77. The van der Waals surface area contributed by atoms with Crippen molar-refractivity contribution < 1.29 is 14.6 Å². The van der Waals surface area contributed by atoms with Gasteiger partial charge in [0, 0.05) is 13.1 Å². The minimum Gasteiger partial charge on any atom is -0.494 e. The summed E-state index contributed by atoms with van der Waals surface area (Å²) in [6, 6.07) is 11.9. The van der Waals surface area contributed by atoms with Gasteiger partial charge >= 0.3 is 6.03 Å². The lowest BCUT2D eigenvalue weighted by Crippen LogP contribution is -2.49. The zero-order chi connectivity index (χ0) is 22.6. The maximum absolute atomic E-state index is 12.7. The van der Waals surface area contributed by atoms with Crippen molar-refractivity contribution in [2.75, 3.05) is 20.2 Å². The SMILES string of the molecule is C=CC(=Nc1c(OC)ccc(-c2ccccc2C)c1C)NC(=O)N1CCC(C)(O)CC1. The van der Waals surface area contributed by atoms with Crippen LogP contribution in [0.3, 0.4) is 0 Å².